The van der Waals surface area contributed by atoms with Crippen LogP contribution in [0.25, 0.3) is 0 Å². The molecule has 0 saturated heterocycles. The molecule has 0 aromatic heterocycles. The minimum atomic E-state index is -0.925. The van der Waals surface area contributed by atoms with Crippen LogP contribution in [0.1, 0.15) is 17.3 Å². The first kappa shape index (κ1) is 24.2. The fraction of sp³-hybridized carbons (Fsp3) is 0.167. The van der Waals surface area contributed by atoms with E-state index in [0.29, 0.717) is 23.1 Å². The number of hydrogen-bond donors (Lipinski definition) is 2. The lowest BCUT2D eigenvalue weighted by Gasteiger charge is -2.17. The van der Waals surface area contributed by atoms with Crippen LogP contribution in [0.4, 0.5) is 0 Å². The third-order valence-corrected chi connectivity index (χ3v) is 4.88. The largest absolute Gasteiger partial charge is 0.490 e. The molecule has 2 amide bonds. The fourth-order valence-electron chi connectivity index (χ4n) is 2.71. The summed E-state index contributed by atoms with van der Waals surface area (Å²) in [6.07, 6.45) is -0.925. The van der Waals surface area contributed by atoms with Crippen molar-refractivity contribution in [2.24, 2.45) is 0 Å². The minimum Gasteiger partial charge on any atom is -0.490 e. The Bertz CT molecular complexity index is 1100. The van der Waals surface area contributed by atoms with Gasteiger partial charge in [0.25, 0.3) is 11.8 Å². The maximum absolute atomic E-state index is 12.6. The Kier molecular flexibility index (Phi) is 8.80. The molecule has 0 fully saturated rings. The molecule has 33 heavy (non-hydrogen) atoms. The van der Waals surface area contributed by atoms with Gasteiger partial charge in [-0.05, 0) is 49.4 Å². The molecule has 1 unspecified atom stereocenters. The van der Waals surface area contributed by atoms with Gasteiger partial charge in [0.05, 0.1) is 10.6 Å². The molecule has 0 heterocycles. The molecule has 9 heteroatoms. The van der Waals surface area contributed by atoms with Crippen LogP contribution in [-0.2, 0) is 4.79 Å². The van der Waals surface area contributed by atoms with Crippen molar-refractivity contribution >= 4 is 35.0 Å². The van der Waals surface area contributed by atoms with Gasteiger partial charge in [0, 0.05) is 5.02 Å². The first-order valence-electron chi connectivity index (χ1n) is 10.1. The highest BCUT2D eigenvalue weighted by Gasteiger charge is 2.18. The van der Waals surface area contributed by atoms with Crippen LogP contribution in [-0.4, -0.2) is 31.1 Å². The lowest BCUT2D eigenvalue weighted by atomic mass is 10.2. The average Bonchev–Trinajstić information content (AvgIpc) is 2.82. The molecule has 0 saturated carbocycles. The van der Waals surface area contributed by atoms with Crippen molar-refractivity contribution in [1.29, 1.82) is 0 Å². The Morgan fingerprint density at radius 3 is 2.30 bits per heavy atom. The van der Waals surface area contributed by atoms with Crippen molar-refractivity contribution in [1.82, 2.24) is 10.9 Å². The van der Waals surface area contributed by atoms with E-state index in [0.717, 1.165) is 5.75 Å². The lowest BCUT2D eigenvalue weighted by Crippen LogP contribution is -2.47. The molecule has 3 aromatic carbocycles. The number of nitrogens with one attached hydrogen (secondary N) is 2. The quantitative estimate of drug-likeness (QED) is 0.337. The van der Waals surface area contributed by atoms with Crippen LogP contribution in [0.3, 0.4) is 0 Å². The summed E-state index contributed by atoms with van der Waals surface area (Å²) < 4.78 is 16.8. The molecule has 0 spiro atoms. The summed E-state index contributed by atoms with van der Waals surface area (Å²) in [6, 6.07) is 20.7. The molecule has 2 N–H and O–H groups in total. The van der Waals surface area contributed by atoms with Crippen molar-refractivity contribution in [2.75, 3.05) is 13.2 Å². The predicted molar refractivity (Wildman–Crippen MR) is 126 cm³/mol. The smallest absolute Gasteiger partial charge is 0.279 e. The highest BCUT2D eigenvalue weighted by Crippen LogP contribution is 2.28. The van der Waals surface area contributed by atoms with Gasteiger partial charge in [-0.15, -0.1) is 0 Å². The number of rotatable bonds is 9. The first-order chi connectivity index (χ1) is 15.9. The molecular formula is C24H22Cl2N2O5. The molecule has 1 atom stereocenters. The number of amides is 2. The van der Waals surface area contributed by atoms with Gasteiger partial charge in [0.1, 0.15) is 30.5 Å². The third-order valence-electron chi connectivity index (χ3n) is 4.35. The SMILES string of the molecule is CC(Oc1ccc(Cl)cc1Cl)C(=O)NNC(=O)c1ccccc1OCCOc1ccccc1. The van der Waals surface area contributed by atoms with E-state index in [9.17, 15) is 9.59 Å². The normalized spacial score (nSPS) is 11.2. The first-order valence-corrected chi connectivity index (χ1v) is 10.8. The van der Waals surface area contributed by atoms with Gasteiger partial charge in [-0.1, -0.05) is 53.5 Å². The summed E-state index contributed by atoms with van der Waals surface area (Å²) in [7, 11) is 0. The molecular weight excluding hydrogens is 467 g/mol. The Morgan fingerprint density at radius 1 is 0.848 bits per heavy atom. The van der Waals surface area contributed by atoms with E-state index in [2.05, 4.69) is 10.9 Å². The molecule has 0 aliphatic heterocycles. The van der Waals surface area contributed by atoms with E-state index in [4.69, 9.17) is 37.4 Å². The van der Waals surface area contributed by atoms with Crippen LogP contribution >= 0.6 is 23.2 Å². The van der Waals surface area contributed by atoms with E-state index < -0.39 is 17.9 Å². The van der Waals surface area contributed by atoms with E-state index >= 15 is 0 Å². The van der Waals surface area contributed by atoms with Crippen molar-refractivity contribution in [3.63, 3.8) is 0 Å². The van der Waals surface area contributed by atoms with Crippen LogP contribution in [0, 0.1) is 0 Å². The molecule has 0 radical (unpaired) electrons. The second-order valence-electron chi connectivity index (χ2n) is 6.78. The van der Waals surface area contributed by atoms with Gasteiger partial charge < -0.3 is 14.2 Å². The van der Waals surface area contributed by atoms with Gasteiger partial charge in [-0.3, -0.25) is 20.4 Å². The second kappa shape index (κ2) is 12.0. The molecule has 0 aliphatic carbocycles. The topological polar surface area (TPSA) is 85.9 Å². The summed E-state index contributed by atoms with van der Waals surface area (Å²) in [5.74, 6) is 0.277. The van der Waals surface area contributed by atoms with Gasteiger partial charge in [-0.25, -0.2) is 0 Å². The molecule has 0 aliphatic rings. The Morgan fingerprint density at radius 2 is 1.55 bits per heavy atom. The van der Waals surface area contributed by atoms with Crippen molar-refractivity contribution in [3.8, 4) is 17.2 Å². The Labute approximate surface area is 201 Å². The zero-order chi connectivity index (χ0) is 23.6. The molecule has 3 aromatic rings. The van der Waals surface area contributed by atoms with E-state index in [1.165, 1.54) is 13.0 Å². The van der Waals surface area contributed by atoms with Crippen molar-refractivity contribution in [3.05, 3.63) is 88.4 Å². The average molecular weight is 489 g/mol. The number of para-hydroxylation sites is 2. The van der Waals surface area contributed by atoms with Crippen molar-refractivity contribution < 1.29 is 23.8 Å². The van der Waals surface area contributed by atoms with Gasteiger partial charge in [0.15, 0.2) is 6.10 Å². The summed E-state index contributed by atoms with van der Waals surface area (Å²) in [6.45, 7) is 2.06. The number of carbonyl (C=O) groups excluding carboxylic acids is 2. The highest BCUT2D eigenvalue weighted by atomic mass is 35.5. The van der Waals surface area contributed by atoms with Gasteiger partial charge >= 0.3 is 0 Å². The molecule has 0 bridgehead atoms. The summed E-state index contributed by atoms with van der Waals surface area (Å²) in [4.78, 5) is 24.9. The molecule has 172 valence electrons. The maximum atomic E-state index is 12.6. The third kappa shape index (κ3) is 7.30. The van der Waals surface area contributed by atoms with Crippen LogP contribution in [0.15, 0.2) is 72.8 Å². The van der Waals surface area contributed by atoms with Gasteiger partial charge in [-0.2, -0.15) is 0 Å². The second-order valence-corrected chi connectivity index (χ2v) is 7.63. The summed E-state index contributed by atoms with van der Waals surface area (Å²) in [5.41, 5.74) is 4.95. The number of ether oxygens (including phenoxy) is 3. The predicted octanol–water partition coefficient (Wildman–Crippen LogP) is 4.68. The standard InChI is InChI=1S/C24H22Cl2N2O5/c1-16(33-22-12-11-17(25)15-20(22)26)23(29)27-28-24(30)19-9-5-6-10-21(19)32-14-13-31-18-7-3-2-4-8-18/h2-12,15-16H,13-14H2,1H3,(H,27,29)(H,28,30). The zero-order valence-corrected chi connectivity index (χ0v) is 19.2. The van der Waals surface area contributed by atoms with E-state index in [-0.39, 0.29) is 17.2 Å². The zero-order valence-electron chi connectivity index (χ0n) is 17.7. The van der Waals surface area contributed by atoms with Gasteiger partial charge in [0.2, 0.25) is 0 Å². The molecule has 3 rings (SSSR count). The number of hydrazine groups is 1. The maximum Gasteiger partial charge on any atom is 0.279 e. The summed E-state index contributed by atoms with van der Waals surface area (Å²) >= 11 is 11.9. The summed E-state index contributed by atoms with van der Waals surface area (Å²) in [5, 5.41) is 0.720. The fourth-order valence-corrected chi connectivity index (χ4v) is 3.16. The Hall–Kier alpha value is -3.42. The number of hydrogen-bond acceptors (Lipinski definition) is 5. The highest BCUT2D eigenvalue weighted by molar-refractivity contribution is 6.35. The lowest BCUT2D eigenvalue weighted by molar-refractivity contribution is -0.128. The van der Waals surface area contributed by atoms with Crippen LogP contribution in [0.5, 0.6) is 17.2 Å². The molecule has 7 nitrogen and oxygen atoms in total. The minimum absolute atomic E-state index is 0.234. The van der Waals surface area contributed by atoms with E-state index in [1.807, 2.05) is 30.3 Å². The number of benzene rings is 3. The van der Waals surface area contributed by atoms with Crippen LogP contribution < -0.4 is 25.1 Å². The Balaban J connectivity index is 1.49. The number of halogens is 2. The van der Waals surface area contributed by atoms with Crippen molar-refractivity contribution in [2.45, 2.75) is 13.0 Å². The number of carbonyl (C=O) groups is 2. The van der Waals surface area contributed by atoms with E-state index in [1.54, 1.807) is 36.4 Å². The van der Waals surface area contributed by atoms with Crippen LogP contribution in [0.2, 0.25) is 10.0 Å². The monoisotopic (exact) mass is 488 g/mol.